The van der Waals surface area contributed by atoms with Gasteiger partial charge in [0.15, 0.2) is 0 Å². The molecule has 0 saturated carbocycles. The van der Waals surface area contributed by atoms with E-state index in [9.17, 15) is 9.18 Å². The number of carbonyl (C=O) groups excluding carboxylic acids is 1. The number of halogens is 3. The molecule has 114 valence electrons. The lowest BCUT2D eigenvalue weighted by Crippen LogP contribution is -2.28. The Kier molecular flexibility index (Phi) is 4.37. The molecule has 0 aliphatic heterocycles. The zero-order valence-electron chi connectivity index (χ0n) is 11.7. The highest BCUT2D eigenvalue weighted by atomic mass is 35.5. The standard InChI is InChI=1S/C17H14Cl2FNO/c18-14-5-1-10(7-15(14)19)8-17(22)21-16-6-2-11-9-12(20)3-4-13(11)16/h1,3-5,7,9,16H,2,6,8H2,(H,21,22). The Labute approximate surface area is 138 Å². The molecular formula is C17H14Cl2FNO. The number of benzene rings is 2. The number of hydrogen-bond donors (Lipinski definition) is 1. The molecule has 1 amide bonds. The summed E-state index contributed by atoms with van der Waals surface area (Å²) in [5.41, 5.74) is 2.79. The molecular weight excluding hydrogens is 324 g/mol. The number of rotatable bonds is 3. The van der Waals surface area contributed by atoms with Crippen molar-refractivity contribution in [2.75, 3.05) is 0 Å². The molecule has 1 atom stereocenters. The molecule has 1 aliphatic carbocycles. The van der Waals surface area contributed by atoms with Crippen molar-refractivity contribution in [1.82, 2.24) is 5.32 Å². The van der Waals surface area contributed by atoms with E-state index in [-0.39, 0.29) is 24.2 Å². The molecule has 0 fully saturated rings. The fraction of sp³-hybridized carbons (Fsp3) is 0.235. The summed E-state index contributed by atoms with van der Waals surface area (Å²) in [4.78, 5) is 12.2. The predicted molar refractivity (Wildman–Crippen MR) is 85.8 cm³/mol. The summed E-state index contributed by atoms with van der Waals surface area (Å²) in [7, 11) is 0. The van der Waals surface area contributed by atoms with Crippen LogP contribution >= 0.6 is 23.2 Å². The van der Waals surface area contributed by atoms with Gasteiger partial charge in [-0.1, -0.05) is 35.3 Å². The van der Waals surface area contributed by atoms with Crippen molar-refractivity contribution in [3.8, 4) is 0 Å². The Morgan fingerprint density at radius 3 is 2.77 bits per heavy atom. The molecule has 2 aromatic rings. The van der Waals surface area contributed by atoms with Crippen molar-refractivity contribution in [3.63, 3.8) is 0 Å². The number of hydrogen-bond acceptors (Lipinski definition) is 1. The molecule has 22 heavy (non-hydrogen) atoms. The maximum atomic E-state index is 13.2. The van der Waals surface area contributed by atoms with Crippen LogP contribution in [-0.4, -0.2) is 5.91 Å². The van der Waals surface area contributed by atoms with Crippen LogP contribution in [0.1, 0.15) is 29.2 Å². The van der Waals surface area contributed by atoms with E-state index in [1.54, 1.807) is 30.3 Å². The highest BCUT2D eigenvalue weighted by Gasteiger charge is 2.24. The van der Waals surface area contributed by atoms with Gasteiger partial charge in [-0.2, -0.15) is 0 Å². The monoisotopic (exact) mass is 337 g/mol. The molecule has 0 aromatic heterocycles. The summed E-state index contributed by atoms with van der Waals surface area (Å²) in [6.07, 6.45) is 1.82. The summed E-state index contributed by atoms with van der Waals surface area (Å²) >= 11 is 11.8. The van der Waals surface area contributed by atoms with Crippen molar-refractivity contribution in [2.45, 2.75) is 25.3 Å². The first-order chi connectivity index (χ1) is 10.5. The molecule has 3 rings (SSSR count). The van der Waals surface area contributed by atoms with E-state index in [0.717, 1.165) is 29.5 Å². The topological polar surface area (TPSA) is 29.1 Å². The second kappa shape index (κ2) is 6.27. The average molecular weight is 338 g/mol. The first kappa shape index (κ1) is 15.3. The summed E-state index contributed by atoms with van der Waals surface area (Å²) in [6.45, 7) is 0. The molecule has 2 nitrogen and oxygen atoms in total. The van der Waals surface area contributed by atoms with Crippen LogP contribution in [-0.2, 0) is 17.6 Å². The minimum Gasteiger partial charge on any atom is -0.349 e. The van der Waals surface area contributed by atoms with Gasteiger partial charge in [0, 0.05) is 0 Å². The molecule has 1 aliphatic rings. The number of nitrogens with one attached hydrogen (secondary N) is 1. The first-order valence-corrected chi connectivity index (χ1v) is 7.80. The fourth-order valence-electron chi connectivity index (χ4n) is 2.82. The minimum absolute atomic E-state index is 0.0501. The van der Waals surface area contributed by atoms with E-state index < -0.39 is 0 Å². The van der Waals surface area contributed by atoms with E-state index in [4.69, 9.17) is 23.2 Å². The average Bonchev–Trinajstić information content (AvgIpc) is 2.85. The summed E-state index contributed by atoms with van der Waals surface area (Å²) in [6, 6.07) is 9.84. The molecule has 0 heterocycles. The van der Waals surface area contributed by atoms with E-state index in [1.807, 2.05) is 0 Å². The molecule has 1 unspecified atom stereocenters. The molecule has 0 radical (unpaired) electrons. The maximum absolute atomic E-state index is 13.2. The summed E-state index contributed by atoms with van der Waals surface area (Å²) in [5.74, 6) is -0.318. The lowest BCUT2D eigenvalue weighted by Gasteiger charge is -2.14. The molecule has 0 spiro atoms. The highest BCUT2D eigenvalue weighted by molar-refractivity contribution is 6.42. The van der Waals surface area contributed by atoms with Crippen LogP contribution in [0, 0.1) is 5.82 Å². The molecule has 5 heteroatoms. The van der Waals surface area contributed by atoms with Crippen LogP contribution in [0.25, 0.3) is 0 Å². The van der Waals surface area contributed by atoms with E-state index >= 15 is 0 Å². The third kappa shape index (κ3) is 3.26. The minimum atomic E-state index is -0.235. The number of amides is 1. The quantitative estimate of drug-likeness (QED) is 0.878. The fourth-order valence-corrected chi connectivity index (χ4v) is 3.14. The molecule has 1 N–H and O–H groups in total. The van der Waals surface area contributed by atoms with Gasteiger partial charge < -0.3 is 5.32 Å². The predicted octanol–water partition coefficient (Wildman–Crippen LogP) is 4.48. The van der Waals surface area contributed by atoms with Gasteiger partial charge in [-0.25, -0.2) is 4.39 Å². The largest absolute Gasteiger partial charge is 0.349 e. The Hall–Kier alpha value is -1.58. The number of fused-ring (bicyclic) bond motifs is 1. The van der Waals surface area contributed by atoms with Gasteiger partial charge in [0.25, 0.3) is 0 Å². The van der Waals surface area contributed by atoms with Crippen molar-refractivity contribution in [2.24, 2.45) is 0 Å². The first-order valence-electron chi connectivity index (χ1n) is 7.04. The third-order valence-corrected chi connectivity index (χ3v) is 4.61. The van der Waals surface area contributed by atoms with Crippen molar-refractivity contribution in [3.05, 3.63) is 69.0 Å². The zero-order chi connectivity index (χ0) is 15.7. The Morgan fingerprint density at radius 1 is 1.18 bits per heavy atom. The van der Waals surface area contributed by atoms with Crippen LogP contribution in [0.2, 0.25) is 10.0 Å². The third-order valence-electron chi connectivity index (χ3n) is 3.87. The highest BCUT2D eigenvalue weighted by Crippen LogP contribution is 2.31. The van der Waals surface area contributed by atoms with Gasteiger partial charge in [-0.15, -0.1) is 0 Å². The lowest BCUT2D eigenvalue weighted by atomic mass is 10.1. The van der Waals surface area contributed by atoms with Gasteiger partial charge >= 0.3 is 0 Å². The van der Waals surface area contributed by atoms with E-state index in [0.29, 0.717) is 10.0 Å². The second-order valence-corrected chi connectivity index (χ2v) is 6.24. The summed E-state index contributed by atoms with van der Waals surface area (Å²) < 4.78 is 13.2. The van der Waals surface area contributed by atoms with Crippen LogP contribution in [0.3, 0.4) is 0 Å². The van der Waals surface area contributed by atoms with Crippen LogP contribution in [0.4, 0.5) is 4.39 Å². The smallest absolute Gasteiger partial charge is 0.224 e. The molecule has 0 bridgehead atoms. The van der Waals surface area contributed by atoms with Gasteiger partial charge in [0.1, 0.15) is 5.82 Å². The second-order valence-electron chi connectivity index (χ2n) is 5.43. The number of aryl methyl sites for hydroxylation is 1. The zero-order valence-corrected chi connectivity index (χ0v) is 13.2. The maximum Gasteiger partial charge on any atom is 0.224 e. The Bertz CT molecular complexity index is 733. The lowest BCUT2D eigenvalue weighted by molar-refractivity contribution is -0.121. The van der Waals surface area contributed by atoms with Crippen LogP contribution in [0.15, 0.2) is 36.4 Å². The van der Waals surface area contributed by atoms with Crippen molar-refractivity contribution in [1.29, 1.82) is 0 Å². The van der Waals surface area contributed by atoms with Gasteiger partial charge in [-0.3, -0.25) is 4.79 Å². The molecule has 2 aromatic carbocycles. The van der Waals surface area contributed by atoms with Gasteiger partial charge in [-0.05, 0) is 53.8 Å². The number of carbonyl (C=O) groups is 1. The van der Waals surface area contributed by atoms with Gasteiger partial charge in [0.2, 0.25) is 5.91 Å². The van der Waals surface area contributed by atoms with Crippen LogP contribution < -0.4 is 5.32 Å². The summed E-state index contributed by atoms with van der Waals surface area (Å²) in [5, 5.41) is 3.91. The van der Waals surface area contributed by atoms with Crippen molar-refractivity contribution < 1.29 is 9.18 Å². The van der Waals surface area contributed by atoms with Crippen LogP contribution in [0.5, 0.6) is 0 Å². The SMILES string of the molecule is O=C(Cc1ccc(Cl)c(Cl)c1)NC1CCc2cc(F)ccc21. The normalized spacial score (nSPS) is 16.4. The van der Waals surface area contributed by atoms with Gasteiger partial charge in [0.05, 0.1) is 22.5 Å². The van der Waals surface area contributed by atoms with Crippen molar-refractivity contribution >= 4 is 29.1 Å². The molecule has 0 saturated heterocycles. The van der Waals surface area contributed by atoms with E-state index in [2.05, 4.69) is 5.32 Å². The van der Waals surface area contributed by atoms with E-state index in [1.165, 1.54) is 6.07 Å². The Balaban J connectivity index is 1.67. The Morgan fingerprint density at radius 2 is 2.00 bits per heavy atom.